The Labute approximate surface area is 122 Å². The topological polar surface area (TPSA) is 30.5 Å². The van der Waals surface area contributed by atoms with E-state index in [-0.39, 0.29) is 11.4 Å². The van der Waals surface area contributed by atoms with Crippen LogP contribution < -0.4 is 10.1 Å². The Kier molecular flexibility index (Phi) is 4.78. The largest absolute Gasteiger partial charge is 0.573 e. The van der Waals surface area contributed by atoms with Crippen molar-refractivity contribution in [1.82, 2.24) is 5.32 Å². The zero-order valence-electron chi connectivity index (χ0n) is 12.2. The molecule has 1 aliphatic rings. The van der Waals surface area contributed by atoms with Gasteiger partial charge in [0.15, 0.2) is 0 Å². The summed E-state index contributed by atoms with van der Waals surface area (Å²) in [6, 6.07) is 6.35. The fourth-order valence-corrected chi connectivity index (χ4v) is 2.52. The standard InChI is InChI=1S/C15H20F3NO2/c1-14(2)9-12(6-7-20-14)19-10-11-4-3-5-13(8-11)21-15(16,17)18/h3-5,8,12,19H,6-7,9-10H2,1-2H3. The van der Waals surface area contributed by atoms with Crippen molar-refractivity contribution in [2.45, 2.75) is 51.2 Å². The molecule has 0 aliphatic carbocycles. The Balaban J connectivity index is 1.90. The van der Waals surface area contributed by atoms with Crippen molar-refractivity contribution in [3.8, 4) is 5.75 Å². The molecule has 1 heterocycles. The van der Waals surface area contributed by atoms with Crippen LogP contribution in [-0.4, -0.2) is 24.6 Å². The highest BCUT2D eigenvalue weighted by Gasteiger charge is 2.31. The molecule has 0 radical (unpaired) electrons. The molecule has 118 valence electrons. The van der Waals surface area contributed by atoms with Crippen molar-refractivity contribution in [2.75, 3.05) is 6.61 Å². The van der Waals surface area contributed by atoms with Gasteiger partial charge in [0.2, 0.25) is 0 Å². The van der Waals surface area contributed by atoms with E-state index in [4.69, 9.17) is 4.74 Å². The minimum Gasteiger partial charge on any atom is -0.406 e. The molecule has 1 aromatic carbocycles. The highest BCUT2D eigenvalue weighted by molar-refractivity contribution is 5.28. The minimum absolute atomic E-state index is 0.156. The predicted octanol–water partition coefficient (Wildman–Crippen LogP) is 3.63. The summed E-state index contributed by atoms with van der Waals surface area (Å²) in [4.78, 5) is 0. The second kappa shape index (κ2) is 6.23. The summed E-state index contributed by atoms with van der Waals surface area (Å²) >= 11 is 0. The average Bonchev–Trinajstić information content (AvgIpc) is 2.34. The first kappa shape index (κ1) is 16.1. The molecule has 1 fully saturated rings. The van der Waals surface area contributed by atoms with Gasteiger partial charge in [-0.15, -0.1) is 13.2 Å². The molecule has 3 nitrogen and oxygen atoms in total. The fraction of sp³-hybridized carbons (Fsp3) is 0.600. The molecule has 0 amide bonds. The van der Waals surface area contributed by atoms with Gasteiger partial charge in [-0.25, -0.2) is 0 Å². The Morgan fingerprint density at radius 3 is 2.81 bits per heavy atom. The normalized spacial score (nSPS) is 22.0. The molecule has 1 saturated heterocycles. The van der Waals surface area contributed by atoms with Gasteiger partial charge in [0.25, 0.3) is 0 Å². The molecule has 2 rings (SSSR count). The van der Waals surface area contributed by atoms with Crippen LogP contribution in [0.15, 0.2) is 24.3 Å². The third kappa shape index (κ3) is 5.55. The quantitative estimate of drug-likeness (QED) is 0.921. The molecule has 6 heteroatoms. The Hall–Kier alpha value is -1.27. The number of benzene rings is 1. The Morgan fingerprint density at radius 1 is 1.38 bits per heavy atom. The van der Waals surface area contributed by atoms with Crippen LogP contribution in [0.5, 0.6) is 5.75 Å². The van der Waals surface area contributed by atoms with E-state index in [1.54, 1.807) is 12.1 Å². The van der Waals surface area contributed by atoms with Crippen molar-refractivity contribution in [3.05, 3.63) is 29.8 Å². The summed E-state index contributed by atoms with van der Waals surface area (Å²) in [5.41, 5.74) is 0.609. The number of nitrogens with one attached hydrogen (secondary N) is 1. The molecule has 1 aromatic rings. The number of hydrogen-bond donors (Lipinski definition) is 1. The summed E-state index contributed by atoms with van der Waals surface area (Å²) in [6.07, 6.45) is -2.87. The first-order chi connectivity index (χ1) is 9.73. The molecule has 1 atom stereocenters. The van der Waals surface area contributed by atoms with Crippen LogP contribution in [0.1, 0.15) is 32.3 Å². The van der Waals surface area contributed by atoms with Crippen molar-refractivity contribution >= 4 is 0 Å². The average molecular weight is 303 g/mol. The smallest absolute Gasteiger partial charge is 0.406 e. The minimum atomic E-state index is -4.66. The van der Waals surface area contributed by atoms with Crippen LogP contribution in [0.3, 0.4) is 0 Å². The van der Waals surface area contributed by atoms with Gasteiger partial charge in [-0.05, 0) is 44.4 Å². The number of halogens is 3. The van der Waals surface area contributed by atoms with E-state index < -0.39 is 6.36 Å². The third-order valence-corrected chi connectivity index (χ3v) is 3.42. The van der Waals surface area contributed by atoms with E-state index in [2.05, 4.69) is 10.1 Å². The third-order valence-electron chi connectivity index (χ3n) is 3.42. The SMILES string of the molecule is CC1(C)CC(NCc2cccc(OC(F)(F)F)c2)CCO1. The van der Waals surface area contributed by atoms with Gasteiger partial charge in [0, 0.05) is 19.2 Å². The van der Waals surface area contributed by atoms with Crippen molar-refractivity contribution in [2.24, 2.45) is 0 Å². The monoisotopic (exact) mass is 303 g/mol. The van der Waals surface area contributed by atoms with Gasteiger partial charge in [0.1, 0.15) is 5.75 Å². The van der Waals surface area contributed by atoms with E-state index in [0.29, 0.717) is 19.2 Å². The van der Waals surface area contributed by atoms with Crippen molar-refractivity contribution < 1.29 is 22.6 Å². The van der Waals surface area contributed by atoms with Crippen LogP contribution in [0.4, 0.5) is 13.2 Å². The van der Waals surface area contributed by atoms with Gasteiger partial charge < -0.3 is 14.8 Å². The van der Waals surface area contributed by atoms with E-state index in [1.807, 2.05) is 13.8 Å². The van der Waals surface area contributed by atoms with E-state index in [9.17, 15) is 13.2 Å². The Morgan fingerprint density at radius 2 is 2.14 bits per heavy atom. The number of alkyl halides is 3. The zero-order chi connectivity index (χ0) is 15.5. The summed E-state index contributed by atoms with van der Waals surface area (Å²) in [5, 5.41) is 3.37. The maximum absolute atomic E-state index is 12.2. The molecule has 0 saturated carbocycles. The van der Waals surface area contributed by atoms with Crippen LogP contribution >= 0.6 is 0 Å². The van der Waals surface area contributed by atoms with Crippen molar-refractivity contribution in [3.63, 3.8) is 0 Å². The lowest BCUT2D eigenvalue weighted by Crippen LogP contribution is -2.43. The second-order valence-electron chi connectivity index (χ2n) is 5.87. The summed E-state index contributed by atoms with van der Waals surface area (Å²) in [7, 11) is 0. The number of hydrogen-bond acceptors (Lipinski definition) is 3. The molecule has 21 heavy (non-hydrogen) atoms. The highest BCUT2D eigenvalue weighted by Crippen LogP contribution is 2.25. The Bertz CT molecular complexity index is 474. The summed E-state index contributed by atoms with van der Waals surface area (Å²) in [5.74, 6) is -0.186. The van der Waals surface area contributed by atoms with Crippen LogP contribution in [0.2, 0.25) is 0 Å². The van der Waals surface area contributed by atoms with Crippen LogP contribution in [0, 0.1) is 0 Å². The molecule has 0 aromatic heterocycles. The van der Waals surface area contributed by atoms with E-state index in [0.717, 1.165) is 18.4 Å². The highest BCUT2D eigenvalue weighted by atomic mass is 19.4. The molecule has 1 aliphatic heterocycles. The molecular formula is C15H20F3NO2. The van der Waals surface area contributed by atoms with Gasteiger partial charge in [-0.3, -0.25) is 0 Å². The van der Waals surface area contributed by atoms with E-state index >= 15 is 0 Å². The van der Waals surface area contributed by atoms with Crippen LogP contribution in [0.25, 0.3) is 0 Å². The maximum atomic E-state index is 12.2. The first-order valence-electron chi connectivity index (χ1n) is 6.96. The lowest BCUT2D eigenvalue weighted by molar-refractivity contribution is -0.274. The zero-order valence-corrected chi connectivity index (χ0v) is 12.2. The second-order valence-corrected chi connectivity index (χ2v) is 5.87. The molecule has 1 unspecified atom stereocenters. The number of ether oxygens (including phenoxy) is 2. The van der Waals surface area contributed by atoms with Gasteiger partial charge in [-0.2, -0.15) is 0 Å². The lowest BCUT2D eigenvalue weighted by atomic mass is 9.94. The van der Waals surface area contributed by atoms with Gasteiger partial charge in [0.05, 0.1) is 5.60 Å². The van der Waals surface area contributed by atoms with Gasteiger partial charge >= 0.3 is 6.36 Å². The summed E-state index contributed by atoms with van der Waals surface area (Å²) < 4.78 is 46.1. The summed E-state index contributed by atoms with van der Waals surface area (Å²) in [6.45, 7) is 5.29. The molecular weight excluding hydrogens is 283 g/mol. The molecule has 0 spiro atoms. The lowest BCUT2D eigenvalue weighted by Gasteiger charge is -2.36. The van der Waals surface area contributed by atoms with E-state index in [1.165, 1.54) is 12.1 Å². The fourth-order valence-electron chi connectivity index (χ4n) is 2.52. The number of rotatable bonds is 4. The van der Waals surface area contributed by atoms with Crippen LogP contribution in [-0.2, 0) is 11.3 Å². The van der Waals surface area contributed by atoms with Gasteiger partial charge in [-0.1, -0.05) is 12.1 Å². The molecule has 0 bridgehead atoms. The maximum Gasteiger partial charge on any atom is 0.573 e. The first-order valence-corrected chi connectivity index (χ1v) is 6.96. The predicted molar refractivity (Wildman–Crippen MR) is 73.0 cm³/mol. The molecule has 1 N–H and O–H groups in total. The van der Waals surface area contributed by atoms with Crippen molar-refractivity contribution in [1.29, 1.82) is 0 Å².